The number of thiol groups is 1. The van der Waals surface area contributed by atoms with Gasteiger partial charge in [0.05, 0.1) is 26.4 Å². The zero-order valence-corrected chi connectivity index (χ0v) is 10.1. The van der Waals surface area contributed by atoms with Crippen molar-refractivity contribution in [3.8, 4) is 5.75 Å². The number of hydrogen-bond acceptors (Lipinski definition) is 5. The van der Waals surface area contributed by atoms with Gasteiger partial charge in [-0.05, 0) is 12.1 Å². The van der Waals surface area contributed by atoms with E-state index in [1.807, 2.05) is 12.1 Å². The Morgan fingerprint density at radius 3 is 2.25 bits per heavy atom. The third-order valence-electron chi connectivity index (χ3n) is 1.75. The monoisotopic (exact) mass is 243 g/mol. The molecule has 0 aliphatic carbocycles. The molecular weight excluding hydrogens is 226 g/mol. The van der Waals surface area contributed by atoms with Crippen molar-refractivity contribution in [1.29, 1.82) is 0 Å². The second-order valence-electron chi connectivity index (χ2n) is 2.98. The minimum Gasteiger partial charge on any atom is -0.491 e. The maximum absolute atomic E-state index is 5.42. The first kappa shape index (κ1) is 13.3. The van der Waals surface area contributed by atoms with Crippen molar-refractivity contribution >= 4 is 12.6 Å². The van der Waals surface area contributed by atoms with Crippen LogP contribution in [0.1, 0.15) is 0 Å². The van der Waals surface area contributed by atoms with E-state index in [0.29, 0.717) is 33.0 Å². The molecule has 0 radical (unpaired) electrons. The van der Waals surface area contributed by atoms with E-state index in [0.717, 1.165) is 11.5 Å². The molecule has 1 heterocycles. The summed E-state index contributed by atoms with van der Waals surface area (Å²) in [4.78, 5) is 3.90. The summed E-state index contributed by atoms with van der Waals surface area (Å²) in [5.41, 5.74) is 0. The summed E-state index contributed by atoms with van der Waals surface area (Å²) in [6, 6.07) is 3.63. The van der Waals surface area contributed by atoms with Gasteiger partial charge < -0.3 is 14.2 Å². The molecule has 16 heavy (non-hydrogen) atoms. The highest BCUT2D eigenvalue weighted by Gasteiger charge is 1.92. The van der Waals surface area contributed by atoms with Gasteiger partial charge in [0.25, 0.3) is 0 Å². The zero-order valence-electron chi connectivity index (χ0n) is 9.17. The maximum atomic E-state index is 5.42. The van der Waals surface area contributed by atoms with Crippen LogP contribution in [0.3, 0.4) is 0 Å². The van der Waals surface area contributed by atoms with E-state index in [-0.39, 0.29) is 0 Å². The van der Waals surface area contributed by atoms with E-state index >= 15 is 0 Å². The van der Waals surface area contributed by atoms with Crippen molar-refractivity contribution in [1.82, 2.24) is 4.98 Å². The number of ether oxygens (including phenoxy) is 3. The normalized spacial score (nSPS) is 10.3. The van der Waals surface area contributed by atoms with Crippen LogP contribution in [0.2, 0.25) is 0 Å². The minimum absolute atomic E-state index is 0.538. The Balaban J connectivity index is 1.89. The molecule has 1 aromatic rings. The summed E-state index contributed by atoms with van der Waals surface area (Å²) in [5.74, 6) is 1.55. The quantitative estimate of drug-likeness (QED) is 0.526. The average molecular weight is 243 g/mol. The maximum Gasteiger partial charge on any atom is 0.122 e. The lowest BCUT2D eigenvalue weighted by atomic mass is 10.4. The molecule has 0 aliphatic heterocycles. The molecule has 4 nitrogen and oxygen atoms in total. The van der Waals surface area contributed by atoms with Gasteiger partial charge in [-0.3, -0.25) is 4.98 Å². The highest BCUT2D eigenvalue weighted by Crippen LogP contribution is 2.05. The van der Waals surface area contributed by atoms with Gasteiger partial charge in [-0.25, -0.2) is 0 Å². The largest absolute Gasteiger partial charge is 0.491 e. The van der Waals surface area contributed by atoms with Crippen LogP contribution < -0.4 is 4.74 Å². The Kier molecular flexibility index (Phi) is 7.84. The fraction of sp³-hybridized carbons (Fsp3) is 0.545. The molecular formula is C11H17NO3S. The van der Waals surface area contributed by atoms with Gasteiger partial charge in [0.2, 0.25) is 0 Å². The van der Waals surface area contributed by atoms with E-state index < -0.39 is 0 Å². The van der Waals surface area contributed by atoms with Gasteiger partial charge in [-0.1, -0.05) is 0 Å². The van der Waals surface area contributed by atoms with Gasteiger partial charge in [-0.2, -0.15) is 12.6 Å². The van der Waals surface area contributed by atoms with Gasteiger partial charge in [0.15, 0.2) is 0 Å². The van der Waals surface area contributed by atoms with Crippen molar-refractivity contribution in [2.45, 2.75) is 0 Å². The van der Waals surface area contributed by atoms with Gasteiger partial charge in [0, 0.05) is 18.1 Å². The molecule has 0 aliphatic rings. The number of nitrogens with zero attached hydrogens (tertiary/aromatic N) is 1. The Morgan fingerprint density at radius 1 is 0.938 bits per heavy atom. The van der Waals surface area contributed by atoms with Crippen LogP contribution in [0.5, 0.6) is 5.75 Å². The Morgan fingerprint density at radius 2 is 1.56 bits per heavy atom. The highest BCUT2D eigenvalue weighted by atomic mass is 32.1. The van der Waals surface area contributed by atoms with E-state index in [2.05, 4.69) is 17.6 Å². The average Bonchev–Trinajstić information content (AvgIpc) is 2.34. The summed E-state index contributed by atoms with van der Waals surface area (Å²) < 4.78 is 15.9. The Hall–Kier alpha value is -0.780. The van der Waals surface area contributed by atoms with E-state index in [1.54, 1.807) is 12.4 Å². The van der Waals surface area contributed by atoms with E-state index in [1.165, 1.54) is 0 Å². The van der Waals surface area contributed by atoms with Crippen LogP contribution in [0, 0.1) is 0 Å². The third-order valence-corrected chi connectivity index (χ3v) is 1.94. The predicted molar refractivity (Wildman–Crippen MR) is 65.2 cm³/mol. The van der Waals surface area contributed by atoms with Crippen molar-refractivity contribution < 1.29 is 14.2 Å². The Bertz CT molecular complexity index is 259. The molecule has 0 fully saturated rings. The van der Waals surface area contributed by atoms with Crippen molar-refractivity contribution in [2.24, 2.45) is 0 Å². The predicted octanol–water partition coefficient (Wildman–Crippen LogP) is 1.42. The lowest BCUT2D eigenvalue weighted by Gasteiger charge is -2.06. The van der Waals surface area contributed by atoms with Gasteiger partial charge in [-0.15, -0.1) is 0 Å². The molecule has 0 saturated heterocycles. The highest BCUT2D eigenvalue weighted by molar-refractivity contribution is 7.80. The summed E-state index contributed by atoms with van der Waals surface area (Å²) in [7, 11) is 0. The molecule has 0 aromatic carbocycles. The lowest BCUT2D eigenvalue weighted by Crippen LogP contribution is -2.11. The van der Waals surface area contributed by atoms with Gasteiger partial charge in [0.1, 0.15) is 12.4 Å². The molecule has 5 heteroatoms. The number of aromatic nitrogens is 1. The lowest BCUT2D eigenvalue weighted by molar-refractivity contribution is 0.0413. The van der Waals surface area contributed by atoms with Crippen LogP contribution >= 0.6 is 12.6 Å². The topological polar surface area (TPSA) is 40.6 Å². The first-order valence-corrected chi connectivity index (χ1v) is 5.86. The summed E-state index contributed by atoms with van der Waals surface area (Å²) >= 11 is 4.03. The third kappa shape index (κ3) is 6.66. The molecule has 0 unspecified atom stereocenters. The molecule has 0 spiro atoms. The number of pyridine rings is 1. The molecule has 0 saturated carbocycles. The zero-order chi connectivity index (χ0) is 11.5. The first-order valence-electron chi connectivity index (χ1n) is 5.22. The molecule has 0 amide bonds. The van der Waals surface area contributed by atoms with Crippen LogP contribution in [-0.2, 0) is 9.47 Å². The Labute approximate surface area is 101 Å². The summed E-state index contributed by atoms with van der Waals surface area (Å²) in [6.07, 6.45) is 3.39. The second-order valence-corrected chi connectivity index (χ2v) is 3.43. The molecule has 0 bridgehead atoms. The minimum atomic E-state index is 0.538. The van der Waals surface area contributed by atoms with Crippen LogP contribution in [0.25, 0.3) is 0 Å². The van der Waals surface area contributed by atoms with Crippen molar-refractivity contribution in [2.75, 3.05) is 38.8 Å². The molecule has 0 atom stereocenters. The molecule has 1 aromatic heterocycles. The first-order chi connectivity index (χ1) is 7.93. The molecule has 90 valence electrons. The van der Waals surface area contributed by atoms with E-state index in [9.17, 15) is 0 Å². The number of hydrogen-bond donors (Lipinski definition) is 1. The van der Waals surface area contributed by atoms with Gasteiger partial charge >= 0.3 is 0 Å². The van der Waals surface area contributed by atoms with Crippen LogP contribution in [0.4, 0.5) is 0 Å². The smallest absolute Gasteiger partial charge is 0.122 e. The molecule has 1 rings (SSSR count). The van der Waals surface area contributed by atoms with Crippen molar-refractivity contribution in [3.63, 3.8) is 0 Å². The summed E-state index contributed by atoms with van der Waals surface area (Å²) in [6.45, 7) is 2.96. The van der Waals surface area contributed by atoms with Crippen LogP contribution in [0.15, 0.2) is 24.5 Å². The standard InChI is InChI=1S/C11H17NO3S/c16-10-9-14-6-5-13-7-8-15-11-1-3-12-4-2-11/h1-4,16H,5-10H2. The van der Waals surface area contributed by atoms with Crippen molar-refractivity contribution in [3.05, 3.63) is 24.5 Å². The van der Waals surface area contributed by atoms with Crippen LogP contribution in [-0.4, -0.2) is 43.8 Å². The fourth-order valence-corrected chi connectivity index (χ4v) is 1.17. The summed E-state index contributed by atoms with van der Waals surface area (Å²) in [5, 5.41) is 0. The number of rotatable bonds is 9. The SMILES string of the molecule is SCCOCCOCCOc1ccncc1. The van der Waals surface area contributed by atoms with E-state index in [4.69, 9.17) is 14.2 Å². The molecule has 0 N–H and O–H groups in total. The fourth-order valence-electron chi connectivity index (χ4n) is 1.04. The second kappa shape index (κ2) is 9.45.